The minimum atomic E-state index is -0.222. The van der Waals surface area contributed by atoms with Crippen molar-refractivity contribution in [3.05, 3.63) is 4.88 Å². The molecule has 0 aliphatic heterocycles. The average molecular weight is 302 g/mol. The van der Waals surface area contributed by atoms with E-state index in [-0.39, 0.29) is 11.7 Å². The summed E-state index contributed by atoms with van der Waals surface area (Å²) in [4.78, 5) is 16.5. The molecule has 0 unspecified atom stereocenters. The highest BCUT2D eigenvalue weighted by molar-refractivity contribution is 7.18. The lowest BCUT2D eigenvalue weighted by atomic mass is 10.4. The van der Waals surface area contributed by atoms with Crippen LogP contribution in [0.15, 0.2) is 0 Å². The van der Waals surface area contributed by atoms with Gasteiger partial charge >= 0.3 is 0 Å². The third-order valence-corrected chi connectivity index (χ3v) is 3.38. The molecule has 8 heteroatoms. The summed E-state index contributed by atoms with van der Waals surface area (Å²) < 4.78 is 10.1. The van der Waals surface area contributed by atoms with E-state index in [1.54, 1.807) is 7.11 Å². The second-order valence-electron chi connectivity index (χ2n) is 4.02. The van der Waals surface area contributed by atoms with Crippen molar-refractivity contribution in [3.8, 4) is 0 Å². The van der Waals surface area contributed by atoms with Gasteiger partial charge in [-0.25, -0.2) is 4.98 Å². The molecule has 0 aliphatic carbocycles. The predicted octanol–water partition coefficient (Wildman–Crippen LogP) is 0.940. The fraction of sp³-hybridized carbons (Fsp3) is 0.667. The van der Waals surface area contributed by atoms with Gasteiger partial charge in [0.05, 0.1) is 19.8 Å². The zero-order valence-electron chi connectivity index (χ0n) is 11.9. The number of hydrogen-bond donors (Lipinski definition) is 3. The van der Waals surface area contributed by atoms with Crippen molar-refractivity contribution in [1.29, 1.82) is 0 Å². The molecule has 114 valence electrons. The Morgan fingerprint density at radius 2 is 2.15 bits per heavy atom. The Bertz CT molecular complexity index is 411. The Morgan fingerprint density at radius 3 is 2.85 bits per heavy atom. The van der Waals surface area contributed by atoms with E-state index in [0.29, 0.717) is 36.4 Å². The predicted molar refractivity (Wildman–Crippen MR) is 80.3 cm³/mol. The van der Waals surface area contributed by atoms with Crippen molar-refractivity contribution in [3.63, 3.8) is 0 Å². The Labute approximate surface area is 122 Å². The molecule has 0 saturated carbocycles. The van der Waals surface area contributed by atoms with E-state index in [1.165, 1.54) is 11.3 Å². The number of carbonyl (C=O) groups excluding carboxylic acids is 1. The lowest BCUT2D eigenvalue weighted by Gasteiger charge is -2.05. The number of nitrogens with zero attached hydrogens (tertiary/aromatic N) is 1. The van der Waals surface area contributed by atoms with E-state index in [1.807, 2.05) is 0 Å². The first-order valence-electron chi connectivity index (χ1n) is 6.54. The van der Waals surface area contributed by atoms with E-state index in [4.69, 9.17) is 15.2 Å². The van der Waals surface area contributed by atoms with Gasteiger partial charge in [0.25, 0.3) is 5.91 Å². The molecule has 0 aromatic carbocycles. The molecule has 1 heterocycles. The third kappa shape index (κ3) is 5.72. The van der Waals surface area contributed by atoms with E-state index >= 15 is 0 Å². The van der Waals surface area contributed by atoms with Crippen LogP contribution in [0.5, 0.6) is 0 Å². The Morgan fingerprint density at radius 1 is 1.35 bits per heavy atom. The largest absolute Gasteiger partial charge is 0.382 e. The first-order valence-corrected chi connectivity index (χ1v) is 7.35. The molecule has 0 aliphatic rings. The fourth-order valence-electron chi connectivity index (χ4n) is 1.36. The van der Waals surface area contributed by atoms with Gasteiger partial charge in [-0.2, -0.15) is 0 Å². The van der Waals surface area contributed by atoms with Crippen LogP contribution in [-0.2, 0) is 9.47 Å². The van der Waals surface area contributed by atoms with Crippen LogP contribution < -0.4 is 16.4 Å². The normalized spacial score (nSPS) is 10.5. The van der Waals surface area contributed by atoms with Gasteiger partial charge in [-0.15, -0.1) is 0 Å². The molecule has 4 N–H and O–H groups in total. The molecular formula is C12H22N4O3S. The minimum Gasteiger partial charge on any atom is -0.382 e. The Balaban J connectivity index is 2.33. The number of aromatic nitrogens is 1. The summed E-state index contributed by atoms with van der Waals surface area (Å²) in [7, 11) is 1.61. The highest BCUT2D eigenvalue weighted by Crippen LogP contribution is 2.24. The van der Waals surface area contributed by atoms with Crippen LogP contribution in [0.3, 0.4) is 0 Å². The molecule has 1 aromatic heterocycles. The van der Waals surface area contributed by atoms with E-state index in [9.17, 15) is 4.79 Å². The van der Waals surface area contributed by atoms with Gasteiger partial charge in [0.15, 0.2) is 5.13 Å². The van der Waals surface area contributed by atoms with E-state index in [0.717, 1.165) is 13.0 Å². The zero-order valence-corrected chi connectivity index (χ0v) is 12.7. The highest BCUT2D eigenvalue weighted by Gasteiger charge is 2.15. The summed E-state index contributed by atoms with van der Waals surface area (Å²) in [5.74, 6) is 0.0336. The zero-order chi connectivity index (χ0) is 14.8. The number of nitrogens with two attached hydrogens (primary N) is 1. The maximum absolute atomic E-state index is 11.9. The minimum absolute atomic E-state index is 0.222. The molecular weight excluding hydrogens is 280 g/mol. The molecule has 20 heavy (non-hydrogen) atoms. The molecule has 0 atom stereocenters. The lowest BCUT2D eigenvalue weighted by Crippen LogP contribution is -2.27. The number of nitrogens with one attached hydrogen (secondary N) is 2. The van der Waals surface area contributed by atoms with Crippen molar-refractivity contribution in [2.75, 3.05) is 51.1 Å². The highest BCUT2D eigenvalue weighted by atomic mass is 32.1. The Hall–Kier alpha value is -1.38. The summed E-state index contributed by atoms with van der Waals surface area (Å²) in [5, 5.41) is 6.53. The van der Waals surface area contributed by atoms with Crippen molar-refractivity contribution in [2.24, 2.45) is 0 Å². The number of ether oxygens (including phenoxy) is 2. The summed E-state index contributed by atoms with van der Waals surface area (Å²) in [6.45, 7) is 4.79. The molecule has 0 spiro atoms. The summed E-state index contributed by atoms with van der Waals surface area (Å²) >= 11 is 1.26. The molecule has 1 aromatic rings. The molecule has 1 amide bonds. The number of hydrogen-bond acceptors (Lipinski definition) is 7. The van der Waals surface area contributed by atoms with Gasteiger partial charge in [0, 0.05) is 20.2 Å². The quantitative estimate of drug-likeness (QED) is 0.556. The first kappa shape index (κ1) is 16.7. The monoisotopic (exact) mass is 302 g/mol. The SMILES string of the molecule is CCCNc1nc(N)c(C(=O)NCCOCCOC)s1. The number of nitrogen functional groups attached to an aromatic ring is 1. The van der Waals surface area contributed by atoms with Gasteiger partial charge in [-0.05, 0) is 6.42 Å². The summed E-state index contributed by atoms with van der Waals surface area (Å²) in [6.07, 6.45) is 0.986. The van der Waals surface area contributed by atoms with Gasteiger partial charge in [0.1, 0.15) is 10.7 Å². The second kappa shape index (κ2) is 9.51. The topological polar surface area (TPSA) is 98.5 Å². The maximum atomic E-state index is 11.9. The van der Waals surface area contributed by atoms with Crippen molar-refractivity contribution in [2.45, 2.75) is 13.3 Å². The van der Waals surface area contributed by atoms with Crippen molar-refractivity contribution in [1.82, 2.24) is 10.3 Å². The van der Waals surface area contributed by atoms with Crippen LogP contribution in [0.1, 0.15) is 23.0 Å². The van der Waals surface area contributed by atoms with Crippen LogP contribution >= 0.6 is 11.3 Å². The number of methoxy groups -OCH3 is 1. The second-order valence-corrected chi connectivity index (χ2v) is 5.02. The number of amides is 1. The van der Waals surface area contributed by atoms with Crippen molar-refractivity contribution >= 4 is 28.2 Å². The summed E-state index contributed by atoms with van der Waals surface area (Å²) in [5.41, 5.74) is 5.73. The van der Waals surface area contributed by atoms with Gasteiger partial charge in [0.2, 0.25) is 0 Å². The van der Waals surface area contributed by atoms with E-state index < -0.39 is 0 Å². The molecule has 0 radical (unpaired) electrons. The number of thiazole rings is 1. The van der Waals surface area contributed by atoms with Gasteiger partial charge < -0.3 is 25.8 Å². The van der Waals surface area contributed by atoms with Gasteiger partial charge in [-0.1, -0.05) is 18.3 Å². The van der Waals surface area contributed by atoms with E-state index in [2.05, 4.69) is 22.5 Å². The smallest absolute Gasteiger partial charge is 0.265 e. The van der Waals surface area contributed by atoms with Crippen LogP contribution in [0.4, 0.5) is 10.9 Å². The number of carbonyl (C=O) groups is 1. The standard InChI is InChI=1S/C12H22N4O3S/c1-3-4-15-12-16-10(13)9(20-12)11(17)14-5-6-19-8-7-18-2/h3-8,13H2,1-2H3,(H,14,17)(H,15,16). The number of anilines is 2. The average Bonchev–Trinajstić information content (AvgIpc) is 2.81. The molecule has 1 rings (SSSR count). The van der Waals surface area contributed by atoms with Crippen LogP contribution in [0.2, 0.25) is 0 Å². The molecule has 7 nitrogen and oxygen atoms in total. The van der Waals surface area contributed by atoms with Crippen LogP contribution in [0, 0.1) is 0 Å². The van der Waals surface area contributed by atoms with Crippen LogP contribution in [-0.4, -0.2) is 50.9 Å². The maximum Gasteiger partial charge on any atom is 0.265 e. The molecule has 0 saturated heterocycles. The summed E-state index contributed by atoms with van der Waals surface area (Å²) in [6, 6.07) is 0. The lowest BCUT2D eigenvalue weighted by molar-refractivity contribution is 0.0693. The van der Waals surface area contributed by atoms with Gasteiger partial charge in [-0.3, -0.25) is 4.79 Å². The van der Waals surface area contributed by atoms with Crippen molar-refractivity contribution < 1.29 is 14.3 Å². The third-order valence-electron chi connectivity index (χ3n) is 2.35. The Kier molecular flexibility index (Phi) is 7.93. The molecule has 0 bridgehead atoms. The first-order chi connectivity index (χ1) is 9.69. The fourth-order valence-corrected chi connectivity index (χ4v) is 2.19. The molecule has 0 fully saturated rings. The van der Waals surface area contributed by atoms with Crippen LogP contribution in [0.25, 0.3) is 0 Å². The number of rotatable bonds is 10.